The number of carboxylic acids is 1. The lowest BCUT2D eigenvalue weighted by Gasteiger charge is -2.42. The molecule has 1 saturated heterocycles. The first kappa shape index (κ1) is 14.1. The molecule has 0 aromatic rings. The Morgan fingerprint density at radius 3 is 2.68 bits per heavy atom. The highest BCUT2D eigenvalue weighted by Crippen LogP contribution is 2.34. The summed E-state index contributed by atoms with van der Waals surface area (Å²) in [6, 6.07) is -0.134. The van der Waals surface area contributed by atoms with Gasteiger partial charge in [-0.1, -0.05) is 0 Å². The Labute approximate surface area is 112 Å². The van der Waals surface area contributed by atoms with Crippen LogP contribution in [0.4, 0.5) is 4.79 Å². The van der Waals surface area contributed by atoms with E-state index in [1.807, 2.05) is 6.92 Å². The molecule has 1 heterocycles. The number of rotatable bonds is 4. The molecule has 6 nitrogen and oxygen atoms in total. The third-order valence-corrected chi connectivity index (χ3v) is 4.00. The highest BCUT2D eigenvalue weighted by atomic mass is 16.5. The van der Waals surface area contributed by atoms with E-state index in [-0.39, 0.29) is 24.6 Å². The Kier molecular flexibility index (Phi) is 4.29. The average molecular weight is 270 g/mol. The lowest BCUT2D eigenvalue weighted by Crippen LogP contribution is -2.59. The van der Waals surface area contributed by atoms with E-state index >= 15 is 0 Å². The van der Waals surface area contributed by atoms with Gasteiger partial charge in [0.1, 0.15) is 0 Å². The molecule has 2 rings (SSSR count). The molecule has 2 amide bonds. The largest absolute Gasteiger partial charge is 0.481 e. The Bertz CT molecular complexity index is 355. The zero-order valence-corrected chi connectivity index (χ0v) is 11.3. The van der Waals surface area contributed by atoms with E-state index in [0.29, 0.717) is 6.61 Å². The van der Waals surface area contributed by atoms with Crippen molar-refractivity contribution in [3.63, 3.8) is 0 Å². The van der Waals surface area contributed by atoms with Crippen molar-refractivity contribution in [2.24, 2.45) is 0 Å². The van der Waals surface area contributed by atoms with Gasteiger partial charge in [0.25, 0.3) is 0 Å². The monoisotopic (exact) mass is 270 g/mol. The van der Waals surface area contributed by atoms with Gasteiger partial charge in [-0.3, -0.25) is 4.79 Å². The van der Waals surface area contributed by atoms with Gasteiger partial charge in [0, 0.05) is 12.6 Å². The lowest BCUT2D eigenvalue weighted by atomic mass is 9.74. The fourth-order valence-electron chi connectivity index (χ4n) is 2.83. The predicted molar refractivity (Wildman–Crippen MR) is 68.9 cm³/mol. The van der Waals surface area contributed by atoms with Gasteiger partial charge in [-0.15, -0.1) is 0 Å². The molecule has 2 atom stereocenters. The molecule has 6 heteroatoms. The number of ether oxygens (including phenoxy) is 1. The molecule has 2 unspecified atom stereocenters. The molecule has 108 valence electrons. The summed E-state index contributed by atoms with van der Waals surface area (Å²) in [4.78, 5) is 22.8. The number of hydrogen-bond acceptors (Lipinski definition) is 3. The van der Waals surface area contributed by atoms with Crippen molar-refractivity contribution in [3.05, 3.63) is 0 Å². The summed E-state index contributed by atoms with van der Waals surface area (Å²) in [6.45, 7) is 2.65. The number of carbonyl (C=O) groups excluding carboxylic acids is 1. The van der Waals surface area contributed by atoms with Crippen molar-refractivity contribution in [2.45, 2.75) is 63.1 Å². The highest BCUT2D eigenvalue weighted by Gasteiger charge is 2.40. The maximum atomic E-state index is 12.0. The summed E-state index contributed by atoms with van der Waals surface area (Å²) >= 11 is 0. The Morgan fingerprint density at radius 2 is 2.16 bits per heavy atom. The van der Waals surface area contributed by atoms with Crippen LogP contribution in [0.2, 0.25) is 0 Å². The van der Waals surface area contributed by atoms with Gasteiger partial charge in [0.2, 0.25) is 0 Å². The van der Waals surface area contributed by atoms with Crippen molar-refractivity contribution in [1.29, 1.82) is 0 Å². The minimum absolute atomic E-state index is 0.00456. The molecule has 2 fully saturated rings. The number of nitrogens with one attached hydrogen (secondary N) is 2. The second-order valence-electron chi connectivity index (χ2n) is 5.71. The molecular weight excluding hydrogens is 248 g/mol. The Morgan fingerprint density at radius 1 is 1.42 bits per heavy atom. The molecule has 0 spiro atoms. The van der Waals surface area contributed by atoms with Gasteiger partial charge in [-0.25, -0.2) is 4.79 Å². The van der Waals surface area contributed by atoms with Crippen molar-refractivity contribution in [2.75, 3.05) is 6.61 Å². The summed E-state index contributed by atoms with van der Waals surface area (Å²) in [5, 5.41) is 14.7. The summed E-state index contributed by atoms with van der Waals surface area (Å²) < 4.78 is 5.43. The SMILES string of the molecule is CC1CC(NC(=O)NC2(CC(=O)O)CCC2)CCO1. The molecule has 0 aromatic carbocycles. The first-order valence-electron chi connectivity index (χ1n) is 6.91. The van der Waals surface area contributed by atoms with E-state index in [4.69, 9.17) is 9.84 Å². The third kappa shape index (κ3) is 3.83. The van der Waals surface area contributed by atoms with Crippen LogP contribution >= 0.6 is 0 Å². The highest BCUT2D eigenvalue weighted by molar-refractivity contribution is 5.77. The van der Waals surface area contributed by atoms with Crippen LogP contribution in [0, 0.1) is 0 Å². The zero-order valence-electron chi connectivity index (χ0n) is 11.3. The maximum absolute atomic E-state index is 12.0. The topological polar surface area (TPSA) is 87.7 Å². The smallest absolute Gasteiger partial charge is 0.315 e. The van der Waals surface area contributed by atoms with E-state index in [2.05, 4.69) is 10.6 Å². The average Bonchev–Trinajstić information content (AvgIpc) is 2.25. The molecule has 1 saturated carbocycles. The summed E-state index contributed by atoms with van der Waals surface area (Å²) in [6.07, 6.45) is 4.25. The molecule has 19 heavy (non-hydrogen) atoms. The van der Waals surface area contributed by atoms with Crippen LogP contribution in [0.3, 0.4) is 0 Å². The number of carbonyl (C=O) groups is 2. The molecule has 1 aliphatic carbocycles. The quantitative estimate of drug-likeness (QED) is 0.717. The van der Waals surface area contributed by atoms with Gasteiger partial charge in [0.05, 0.1) is 18.1 Å². The van der Waals surface area contributed by atoms with E-state index in [1.54, 1.807) is 0 Å². The fourth-order valence-corrected chi connectivity index (χ4v) is 2.83. The van der Waals surface area contributed by atoms with E-state index in [0.717, 1.165) is 32.1 Å². The van der Waals surface area contributed by atoms with Gasteiger partial charge in [-0.2, -0.15) is 0 Å². The van der Waals surface area contributed by atoms with E-state index in [9.17, 15) is 9.59 Å². The normalized spacial score (nSPS) is 29.1. The maximum Gasteiger partial charge on any atom is 0.315 e. The van der Waals surface area contributed by atoms with Crippen LogP contribution in [0.1, 0.15) is 45.4 Å². The first-order chi connectivity index (χ1) is 8.99. The number of urea groups is 1. The third-order valence-electron chi connectivity index (χ3n) is 4.00. The summed E-state index contributed by atoms with van der Waals surface area (Å²) in [5.41, 5.74) is -0.535. The van der Waals surface area contributed by atoms with Gasteiger partial charge in [0.15, 0.2) is 0 Å². The first-order valence-corrected chi connectivity index (χ1v) is 6.91. The molecular formula is C13H22N2O4. The second kappa shape index (κ2) is 5.77. The van der Waals surface area contributed by atoms with Crippen LogP contribution in [0.5, 0.6) is 0 Å². The Balaban J connectivity index is 1.81. The second-order valence-corrected chi connectivity index (χ2v) is 5.71. The molecule has 3 N–H and O–H groups in total. The van der Waals surface area contributed by atoms with E-state index < -0.39 is 11.5 Å². The number of amides is 2. The molecule has 2 aliphatic rings. The minimum Gasteiger partial charge on any atom is -0.481 e. The van der Waals surface area contributed by atoms with Crippen molar-refractivity contribution in [3.8, 4) is 0 Å². The molecule has 1 aliphatic heterocycles. The van der Waals surface area contributed by atoms with Crippen LogP contribution in [0.25, 0.3) is 0 Å². The van der Waals surface area contributed by atoms with Crippen LogP contribution in [0.15, 0.2) is 0 Å². The lowest BCUT2D eigenvalue weighted by molar-refractivity contribution is -0.139. The number of aliphatic carboxylic acids is 1. The molecule has 0 bridgehead atoms. The zero-order chi connectivity index (χ0) is 13.9. The number of hydrogen-bond donors (Lipinski definition) is 3. The fraction of sp³-hybridized carbons (Fsp3) is 0.846. The molecule has 0 aromatic heterocycles. The Hall–Kier alpha value is -1.30. The van der Waals surface area contributed by atoms with E-state index in [1.165, 1.54) is 0 Å². The standard InChI is InChI=1S/C13H22N2O4/c1-9-7-10(3-6-19-9)14-12(18)15-13(4-2-5-13)8-11(16)17/h9-10H,2-8H2,1H3,(H,16,17)(H2,14,15,18). The van der Waals surface area contributed by atoms with Gasteiger partial charge < -0.3 is 20.5 Å². The van der Waals surface area contributed by atoms with Crippen molar-refractivity contribution < 1.29 is 19.4 Å². The minimum atomic E-state index is -0.861. The van der Waals surface area contributed by atoms with Gasteiger partial charge in [-0.05, 0) is 39.0 Å². The van der Waals surface area contributed by atoms with Crippen LogP contribution in [-0.2, 0) is 9.53 Å². The van der Waals surface area contributed by atoms with Crippen molar-refractivity contribution in [1.82, 2.24) is 10.6 Å². The van der Waals surface area contributed by atoms with Gasteiger partial charge >= 0.3 is 12.0 Å². The predicted octanol–water partition coefficient (Wildman–Crippen LogP) is 1.25. The van der Waals surface area contributed by atoms with Crippen LogP contribution in [-0.4, -0.2) is 41.4 Å². The molecule has 0 radical (unpaired) electrons. The summed E-state index contributed by atoms with van der Waals surface area (Å²) in [7, 11) is 0. The summed E-state index contributed by atoms with van der Waals surface area (Å²) in [5.74, 6) is -0.861. The van der Waals surface area contributed by atoms with Crippen molar-refractivity contribution >= 4 is 12.0 Å². The number of carboxylic acid groups (broad SMARTS) is 1. The van der Waals surface area contributed by atoms with Crippen LogP contribution < -0.4 is 10.6 Å².